The van der Waals surface area contributed by atoms with Crippen LogP contribution in [-0.2, 0) is 14.3 Å². The Balaban J connectivity index is 1.56. The number of hydrogen-bond donors (Lipinski definition) is 0. The lowest BCUT2D eigenvalue weighted by Crippen LogP contribution is -2.53. The van der Waals surface area contributed by atoms with Gasteiger partial charge in [-0.05, 0) is 37.8 Å². The zero-order valence-corrected chi connectivity index (χ0v) is 15.6. The van der Waals surface area contributed by atoms with E-state index in [1.807, 2.05) is 24.3 Å². The molecule has 4 rings (SSSR count). The van der Waals surface area contributed by atoms with E-state index in [-0.39, 0.29) is 18.4 Å². The molecule has 1 saturated carbocycles. The van der Waals surface area contributed by atoms with E-state index >= 15 is 0 Å². The number of benzene rings is 1. The number of amides is 2. The summed E-state index contributed by atoms with van der Waals surface area (Å²) in [4.78, 5) is 29.4. The number of nitrogens with zero attached hydrogens (tertiary/aromatic N) is 2. The molecule has 0 spiro atoms. The van der Waals surface area contributed by atoms with Crippen molar-refractivity contribution >= 4 is 17.5 Å². The molecule has 1 aromatic carbocycles. The second-order valence-electron chi connectivity index (χ2n) is 7.32. The molecule has 0 radical (unpaired) electrons. The molecule has 1 aromatic rings. The topological polar surface area (TPSA) is 59.1 Å². The van der Waals surface area contributed by atoms with Crippen LogP contribution in [-0.4, -0.2) is 55.7 Å². The third-order valence-corrected chi connectivity index (χ3v) is 5.46. The quantitative estimate of drug-likeness (QED) is 0.751. The maximum absolute atomic E-state index is 13.0. The maximum atomic E-state index is 13.0. The monoisotopic (exact) mass is 370 g/mol. The van der Waals surface area contributed by atoms with E-state index < -0.39 is 6.10 Å². The van der Waals surface area contributed by atoms with Crippen LogP contribution >= 0.6 is 0 Å². The highest BCUT2D eigenvalue weighted by Gasteiger charge is 2.36. The van der Waals surface area contributed by atoms with Crippen LogP contribution in [0.1, 0.15) is 32.1 Å². The minimum Gasteiger partial charge on any atom is -0.476 e. The van der Waals surface area contributed by atoms with Gasteiger partial charge in [-0.25, -0.2) is 0 Å². The fourth-order valence-corrected chi connectivity index (χ4v) is 3.96. The number of morpholine rings is 1. The van der Waals surface area contributed by atoms with E-state index in [9.17, 15) is 9.59 Å². The average Bonchev–Trinajstić information content (AvgIpc) is 2.73. The van der Waals surface area contributed by atoms with Gasteiger partial charge < -0.3 is 19.3 Å². The summed E-state index contributed by atoms with van der Waals surface area (Å²) in [7, 11) is 0. The predicted octanol–water partition coefficient (Wildman–Crippen LogP) is 2.53. The Morgan fingerprint density at radius 2 is 1.78 bits per heavy atom. The molecule has 6 nitrogen and oxygen atoms in total. The van der Waals surface area contributed by atoms with E-state index in [1.54, 1.807) is 15.9 Å². The summed E-state index contributed by atoms with van der Waals surface area (Å²) in [5.74, 6) is 0.462. The highest BCUT2D eigenvalue weighted by atomic mass is 16.5. The Kier molecular flexibility index (Phi) is 5.43. The number of carbonyl (C=O) groups is 2. The summed E-state index contributed by atoms with van der Waals surface area (Å²) in [5, 5.41) is 0. The molecule has 0 unspecified atom stereocenters. The van der Waals surface area contributed by atoms with E-state index in [1.165, 1.54) is 12.0 Å². The van der Waals surface area contributed by atoms with Gasteiger partial charge in [0.05, 0.1) is 25.4 Å². The molecular formula is C21H26N2O4. The molecule has 2 heterocycles. The highest BCUT2D eigenvalue weighted by molar-refractivity contribution is 6.04. The van der Waals surface area contributed by atoms with Crippen LogP contribution in [0.3, 0.4) is 0 Å². The van der Waals surface area contributed by atoms with Crippen LogP contribution in [0.4, 0.5) is 5.69 Å². The first-order valence-corrected chi connectivity index (χ1v) is 9.85. The summed E-state index contributed by atoms with van der Waals surface area (Å²) < 4.78 is 11.3. The van der Waals surface area contributed by atoms with Crippen molar-refractivity contribution in [3.05, 3.63) is 35.9 Å². The number of ether oxygens (including phenoxy) is 2. The van der Waals surface area contributed by atoms with Crippen LogP contribution in [0.5, 0.6) is 5.75 Å². The van der Waals surface area contributed by atoms with Gasteiger partial charge in [0.1, 0.15) is 5.75 Å². The molecule has 6 heteroatoms. The lowest BCUT2D eigenvalue weighted by atomic mass is 9.94. The average molecular weight is 370 g/mol. The lowest BCUT2D eigenvalue weighted by molar-refractivity contribution is -0.142. The smallest absolute Gasteiger partial charge is 0.265 e. The van der Waals surface area contributed by atoms with Crippen molar-refractivity contribution in [2.45, 2.75) is 38.2 Å². The number of fused-ring (bicyclic) bond motifs is 1. The molecule has 1 aliphatic carbocycles. The van der Waals surface area contributed by atoms with Gasteiger partial charge in [0.25, 0.3) is 11.8 Å². The number of anilines is 1. The molecule has 2 aliphatic heterocycles. The van der Waals surface area contributed by atoms with Gasteiger partial charge in [-0.15, -0.1) is 0 Å². The highest BCUT2D eigenvalue weighted by Crippen LogP contribution is 2.34. The van der Waals surface area contributed by atoms with Gasteiger partial charge >= 0.3 is 0 Å². The fourth-order valence-electron chi connectivity index (χ4n) is 3.96. The van der Waals surface area contributed by atoms with E-state index in [4.69, 9.17) is 9.47 Å². The van der Waals surface area contributed by atoms with Crippen molar-refractivity contribution in [3.63, 3.8) is 0 Å². The number of para-hydroxylation sites is 2. The molecule has 1 saturated heterocycles. The Bertz CT molecular complexity index is 731. The van der Waals surface area contributed by atoms with Crippen molar-refractivity contribution < 1.29 is 19.1 Å². The Morgan fingerprint density at radius 3 is 2.56 bits per heavy atom. The first kappa shape index (κ1) is 18.0. The van der Waals surface area contributed by atoms with Gasteiger partial charge in [0.15, 0.2) is 6.10 Å². The number of allylic oxidation sites excluding steroid dienone is 1. The summed E-state index contributed by atoms with van der Waals surface area (Å²) in [6, 6.07) is 7.45. The molecule has 2 fully saturated rings. The summed E-state index contributed by atoms with van der Waals surface area (Å²) in [5.41, 5.74) is 1.95. The maximum Gasteiger partial charge on any atom is 0.265 e. The molecule has 0 N–H and O–H groups in total. The molecule has 3 aliphatic rings. The van der Waals surface area contributed by atoms with E-state index in [0.29, 0.717) is 32.1 Å². The largest absolute Gasteiger partial charge is 0.476 e. The number of hydrogen-bond acceptors (Lipinski definition) is 4. The lowest BCUT2D eigenvalue weighted by Gasteiger charge is -2.37. The van der Waals surface area contributed by atoms with Crippen molar-refractivity contribution in [3.8, 4) is 5.75 Å². The molecule has 2 amide bonds. The van der Waals surface area contributed by atoms with Crippen LogP contribution in [0.25, 0.3) is 0 Å². The van der Waals surface area contributed by atoms with Crippen molar-refractivity contribution in [2.75, 3.05) is 37.7 Å². The third-order valence-electron chi connectivity index (χ3n) is 5.46. The second-order valence-corrected chi connectivity index (χ2v) is 7.32. The first-order chi connectivity index (χ1) is 13.2. The minimum atomic E-state index is -0.674. The third kappa shape index (κ3) is 4.00. The van der Waals surface area contributed by atoms with Gasteiger partial charge in [0.2, 0.25) is 0 Å². The van der Waals surface area contributed by atoms with Crippen molar-refractivity contribution in [1.29, 1.82) is 0 Å². The van der Waals surface area contributed by atoms with Crippen LogP contribution in [0.2, 0.25) is 0 Å². The molecule has 0 aromatic heterocycles. The molecular weight excluding hydrogens is 344 g/mol. The number of rotatable bonds is 2. The normalized spacial score (nSPS) is 22.7. The minimum absolute atomic E-state index is 0.0533. The van der Waals surface area contributed by atoms with E-state index in [2.05, 4.69) is 0 Å². The van der Waals surface area contributed by atoms with Crippen LogP contribution < -0.4 is 9.64 Å². The molecule has 27 heavy (non-hydrogen) atoms. The molecule has 144 valence electrons. The van der Waals surface area contributed by atoms with Crippen molar-refractivity contribution in [1.82, 2.24) is 4.90 Å². The SMILES string of the molecule is O=C([C@H]1CN(C(=O)C=C2CCCCC2)c2ccccc2O1)N1CCOCC1. The summed E-state index contributed by atoms with van der Waals surface area (Å²) >= 11 is 0. The predicted molar refractivity (Wildman–Crippen MR) is 102 cm³/mol. The van der Waals surface area contributed by atoms with Crippen molar-refractivity contribution in [2.24, 2.45) is 0 Å². The Morgan fingerprint density at radius 1 is 1.04 bits per heavy atom. The fraction of sp³-hybridized carbons (Fsp3) is 0.524. The molecule has 0 bridgehead atoms. The number of carbonyl (C=O) groups excluding carboxylic acids is 2. The van der Waals surface area contributed by atoms with Gasteiger partial charge in [-0.1, -0.05) is 24.1 Å². The Labute approximate surface area is 159 Å². The van der Waals surface area contributed by atoms with Gasteiger partial charge in [-0.3, -0.25) is 9.59 Å². The summed E-state index contributed by atoms with van der Waals surface area (Å²) in [6.07, 6.45) is 6.63. The standard InChI is InChI=1S/C21H26N2O4/c24-20(14-16-6-2-1-3-7-16)23-15-19(21(25)22-10-12-26-13-11-22)27-18-9-5-4-8-17(18)23/h4-5,8-9,14,19H,1-3,6-7,10-13,15H2/t19-/m1/s1. The first-order valence-electron chi connectivity index (χ1n) is 9.85. The van der Waals surface area contributed by atoms with Gasteiger partial charge in [0, 0.05) is 19.2 Å². The zero-order valence-electron chi connectivity index (χ0n) is 15.6. The second kappa shape index (κ2) is 8.13. The zero-order chi connectivity index (χ0) is 18.6. The molecule has 1 atom stereocenters. The van der Waals surface area contributed by atoms with E-state index in [0.717, 1.165) is 31.4 Å². The van der Waals surface area contributed by atoms with Crippen LogP contribution in [0, 0.1) is 0 Å². The summed E-state index contributed by atoms with van der Waals surface area (Å²) in [6.45, 7) is 2.47. The van der Waals surface area contributed by atoms with Crippen LogP contribution in [0.15, 0.2) is 35.9 Å². The Hall–Kier alpha value is -2.34. The van der Waals surface area contributed by atoms with Gasteiger partial charge in [-0.2, -0.15) is 0 Å².